The predicted octanol–water partition coefficient (Wildman–Crippen LogP) is -3.20. The molecule has 0 aromatic rings. The van der Waals surface area contributed by atoms with Gasteiger partial charge in [-0.05, 0) is 0 Å². The average Bonchev–Trinajstić information content (AvgIpc) is 2.34. The van der Waals surface area contributed by atoms with Crippen molar-refractivity contribution in [3.05, 3.63) is 21.6 Å². The number of hydrogen-bond donors (Lipinski definition) is 0. The van der Waals surface area contributed by atoms with Crippen LogP contribution in [-0.2, 0) is 20.4 Å². The molecule has 0 aliphatic heterocycles. The maximum Gasteiger partial charge on any atom is -1.00 e. The van der Waals surface area contributed by atoms with Crippen molar-refractivity contribution in [2.75, 3.05) is 0 Å². The SMILES string of the molecule is CCC(C)C1=[C]([Ti+2])CC=C1.[Cl-].[Cl-]. The largest absolute Gasteiger partial charge is 1.00 e. The summed E-state index contributed by atoms with van der Waals surface area (Å²) in [5, 5.41) is 0. The molecular formula is C9H13Cl2Ti. The zero-order valence-corrected chi connectivity index (χ0v) is 10.5. The van der Waals surface area contributed by atoms with E-state index in [9.17, 15) is 0 Å². The second-order valence-corrected chi connectivity index (χ2v) is 3.79. The molecule has 67 valence electrons. The predicted molar refractivity (Wildman–Crippen MR) is 40.2 cm³/mol. The van der Waals surface area contributed by atoms with E-state index < -0.39 is 0 Å². The van der Waals surface area contributed by atoms with Crippen LogP contribution in [0.4, 0.5) is 0 Å². The Labute approximate surface area is 99.1 Å². The molecule has 3 heteroatoms. The van der Waals surface area contributed by atoms with E-state index >= 15 is 0 Å². The van der Waals surface area contributed by atoms with Crippen molar-refractivity contribution in [3.63, 3.8) is 0 Å². The molecule has 12 heavy (non-hydrogen) atoms. The molecule has 0 spiro atoms. The minimum Gasteiger partial charge on any atom is -1.00 e. The van der Waals surface area contributed by atoms with E-state index in [0.717, 1.165) is 5.92 Å². The normalized spacial score (nSPS) is 17.0. The van der Waals surface area contributed by atoms with E-state index in [4.69, 9.17) is 0 Å². The quantitative estimate of drug-likeness (QED) is 0.446. The average molecular weight is 240 g/mol. The fourth-order valence-corrected chi connectivity index (χ4v) is 1.90. The van der Waals surface area contributed by atoms with Gasteiger partial charge in [0.1, 0.15) is 0 Å². The topological polar surface area (TPSA) is 0 Å². The van der Waals surface area contributed by atoms with Gasteiger partial charge >= 0.3 is 74.6 Å². The molecule has 1 rings (SSSR count). The van der Waals surface area contributed by atoms with Crippen LogP contribution in [0.3, 0.4) is 0 Å². The van der Waals surface area contributed by atoms with Crippen LogP contribution < -0.4 is 24.8 Å². The molecule has 0 fully saturated rings. The van der Waals surface area contributed by atoms with Crippen LogP contribution in [0.1, 0.15) is 26.7 Å². The first kappa shape index (κ1) is 15.3. The van der Waals surface area contributed by atoms with Crippen molar-refractivity contribution < 1.29 is 45.2 Å². The summed E-state index contributed by atoms with van der Waals surface area (Å²) in [5.74, 6) is 0.763. The minimum atomic E-state index is 0. The Morgan fingerprint density at radius 1 is 1.50 bits per heavy atom. The Hall–Kier alpha value is 0.774. The first-order valence-electron chi connectivity index (χ1n) is 3.87. The fourth-order valence-electron chi connectivity index (χ4n) is 1.20. The Morgan fingerprint density at radius 2 is 2.08 bits per heavy atom. The number of rotatable bonds is 2. The Kier molecular flexibility index (Phi) is 9.16. The molecule has 0 amide bonds. The van der Waals surface area contributed by atoms with Gasteiger partial charge in [0.05, 0.1) is 0 Å². The molecule has 0 saturated carbocycles. The number of allylic oxidation sites excluding steroid dienone is 4. The van der Waals surface area contributed by atoms with Gasteiger partial charge in [0.15, 0.2) is 0 Å². The van der Waals surface area contributed by atoms with Crippen LogP contribution in [0, 0.1) is 5.92 Å². The third-order valence-corrected chi connectivity index (χ3v) is 2.88. The second-order valence-electron chi connectivity index (χ2n) is 2.85. The van der Waals surface area contributed by atoms with Crippen LogP contribution in [0.5, 0.6) is 0 Å². The van der Waals surface area contributed by atoms with Crippen LogP contribution >= 0.6 is 0 Å². The van der Waals surface area contributed by atoms with Crippen LogP contribution in [0.15, 0.2) is 21.6 Å². The summed E-state index contributed by atoms with van der Waals surface area (Å²) < 4.78 is 1.56. The van der Waals surface area contributed by atoms with Gasteiger partial charge in [-0.25, -0.2) is 0 Å². The second kappa shape index (κ2) is 7.20. The van der Waals surface area contributed by atoms with Crippen molar-refractivity contribution >= 4 is 0 Å². The molecule has 1 atom stereocenters. The summed E-state index contributed by atoms with van der Waals surface area (Å²) in [6.07, 6.45) is 6.98. The van der Waals surface area contributed by atoms with Gasteiger partial charge in [0.2, 0.25) is 0 Å². The molecule has 0 bridgehead atoms. The fraction of sp³-hybridized carbons (Fsp3) is 0.556. The minimum absolute atomic E-state index is 0. The third kappa shape index (κ3) is 3.66. The number of halogens is 2. The van der Waals surface area contributed by atoms with Gasteiger partial charge in [-0.2, -0.15) is 0 Å². The van der Waals surface area contributed by atoms with Crippen LogP contribution in [0.25, 0.3) is 0 Å². The van der Waals surface area contributed by atoms with Crippen molar-refractivity contribution in [2.45, 2.75) is 26.7 Å². The Bertz CT molecular complexity index is 185. The van der Waals surface area contributed by atoms with Gasteiger partial charge in [-0.15, -0.1) is 0 Å². The van der Waals surface area contributed by atoms with Crippen molar-refractivity contribution in [2.24, 2.45) is 5.92 Å². The van der Waals surface area contributed by atoms with Crippen molar-refractivity contribution in [3.8, 4) is 0 Å². The molecular weight excluding hydrogens is 227 g/mol. The standard InChI is InChI=1S/C9H13.2ClH.Ti/c1-3-8(2)9-6-4-5-7-9;;;/h4,6,8H,3,5H2,1-2H3;2*1H;/q;;;+2/p-2. The zero-order valence-electron chi connectivity index (χ0n) is 7.40. The van der Waals surface area contributed by atoms with Crippen molar-refractivity contribution in [1.29, 1.82) is 0 Å². The first-order chi connectivity index (χ1) is 4.75. The Morgan fingerprint density at radius 3 is 2.42 bits per heavy atom. The van der Waals surface area contributed by atoms with Gasteiger partial charge < -0.3 is 24.8 Å². The molecule has 0 saturated heterocycles. The molecule has 0 nitrogen and oxygen atoms in total. The molecule has 0 aromatic heterocycles. The molecule has 1 aliphatic carbocycles. The molecule has 0 aromatic carbocycles. The maximum absolute atomic E-state index is 2.30. The van der Waals surface area contributed by atoms with E-state index in [1.807, 2.05) is 0 Å². The van der Waals surface area contributed by atoms with E-state index in [2.05, 4.69) is 46.4 Å². The smallest absolute Gasteiger partial charge is 1.00 e. The van der Waals surface area contributed by atoms with Gasteiger partial charge in [0.25, 0.3) is 0 Å². The van der Waals surface area contributed by atoms with E-state index in [0.29, 0.717) is 0 Å². The van der Waals surface area contributed by atoms with E-state index in [-0.39, 0.29) is 24.8 Å². The summed E-state index contributed by atoms with van der Waals surface area (Å²) >= 11 is 2.24. The zero-order chi connectivity index (χ0) is 7.56. The van der Waals surface area contributed by atoms with Gasteiger partial charge in [0, 0.05) is 0 Å². The van der Waals surface area contributed by atoms with Gasteiger partial charge in [-0.3, -0.25) is 0 Å². The summed E-state index contributed by atoms with van der Waals surface area (Å²) in [5.41, 5.74) is 1.57. The van der Waals surface area contributed by atoms with Crippen LogP contribution in [0.2, 0.25) is 0 Å². The molecule has 1 aliphatic rings. The number of hydrogen-bond acceptors (Lipinski definition) is 0. The van der Waals surface area contributed by atoms with E-state index in [1.54, 1.807) is 9.45 Å². The summed E-state index contributed by atoms with van der Waals surface area (Å²) in [7, 11) is 0. The summed E-state index contributed by atoms with van der Waals surface area (Å²) in [6.45, 7) is 4.55. The third-order valence-electron chi connectivity index (χ3n) is 2.11. The Balaban J connectivity index is 0. The molecule has 0 radical (unpaired) electrons. The maximum atomic E-state index is 2.30. The molecule has 1 unspecified atom stereocenters. The van der Waals surface area contributed by atoms with Crippen molar-refractivity contribution in [1.82, 2.24) is 0 Å². The first-order valence-corrected chi connectivity index (χ1v) is 4.65. The summed E-state index contributed by atoms with van der Waals surface area (Å²) in [6, 6.07) is 0. The molecule has 0 heterocycles. The van der Waals surface area contributed by atoms with Crippen LogP contribution in [-0.4, -0.2) is 0 Å². The summed E-state index contributed by atoms with van der Waals surface area (Å²) in [4.78, 5) is 0. The van der Waals surface area contributed by atoms with E-state index in [1.165, 1.54) is 12.8 Å². The molecule has 0 N–H and O–H groups in total. The monoisotopic (exact) mass is 239 g/mol. The van der Waals surface area contributed by atoms with Gasteiger partial charge in [-0.1, -0.05) is 0 Å².